The van der Waals surface area contributed by atoms with Gasteiger partial charge in [-0.2, -0.15) is 0 Å². The van der Waals surface area contributed by atoms with E-state index in [2.05, 4.69) is 53.0 Å². The van der Waals surface area contributed by atoms with Gasteiger partial charge in [-0.15, -0.1) is 24.0 Å². The van der Waals surface area contributed by atoms with Crippen molar-refractivity contribution < 1.29 is 4.74 Å². The fourth-order valence-electron chi connectivity index (χ4n) is 3.74. The molecule has 24 heavy (non-hydrogen) atoms. The largest absolute Gasteiger partial charge is 0.379 e. The number of likely N-dealkylation sites (tertiary alicyclic amines) is 1. The van der Waals surface area contributed by atoms with Gasteiger partial charge in [-0.05, 0) is 25.9 Å². The minimum absolute atomic E-state index is 0. The number of morpholine rings is 1. The summed E-state index contributed by atoms with van der Waals surface area (Å²) in [5.41, 5.74) is 0.225. The lowest BCUT2D eigenvalue weighted by Crippen LogP contribution is -2.48. The molecule has 2 aliphatic rings. The highest BCUT2D eigenvalue weighted by molar-refractivity contribution is 14.0. The first-order valence-electron chi connectivity index (χ1n) is 8.83. The molecule has 0 aromatic heterocycles. The van der Waals surface area contributed by atoms with Gasteiger partial charge in [0.25, 0.3) is 0 Å². The maximum absolute atomic E-state index is 5.47. The van der Waals surface area contributed by atoms with Crippen LogP contribution in [0.4, 0.5) is 0 Å². The van der Waals surface area contributed by atoms with Crippen LogP contribution in [0, 0.1) is 5.41 Å². The monoisotopic (exact) mass is 453 g/mol. The Balaban J connectivity index is 0.00000288. The molecule has 2 aliphatic heterocycles. The number of ether oxygens (including phenoxy) is 1. The number of nitrogens with zero attached hydrogens (tertiary/aromatic N) is 4. The van der Waals surface area contributed by atoms with E-state index in [0.717, 1.165) is 58.4 Å². The van der Waals surface area contributed by atoms with E-state index >= 15 is 0 Å². The van der Waals surface area contributed by atoms with Crippen molar-refractivity contribution in [3.05, 3.63) is 0 Å². The Labute approximate surface area is 165 Å². The van der Waals surface area contributed by atoms with Crippen LogP contribution in [0.25, 0.3) is 0 Å². The molecular weight excluding hydrogens is 417 g/mol. The van der Waals surface area contributed by atoms with Crippen molar-refractivity contribution in [3.8, 4) is 0 Å². The van der Waals surface area contributed by atoms with E-state index in [-0.39, 0.29) is 29.4 Å². The maximum atomic E-state index is 5.47. The van der Waals surface area contributed by atoms with E-state index in [9.17, 15) is 0 Å². The average molecular weight is 453 g/mol. The Morgan fingerprint density at radius 2 is 1.92 bits per heavy atom. The van der Waals surface area contributed by atoms with E-state index in [4.69, 9.17) is 4.74 Å². The van der Waals surface area contributed by atoms with Crippen molar-refractivity contribution in [1.29, 1.82) is 0 Å². The Hall–Kier alpha value is -0.120. The van der Waals surface area contributed by atoms with Crippen LogP contribution in [-0.4, -0.2) is 100 Å². The normalized spacial score (nSPS) is 23.5. The van der Waals surface area contributed by atoms with Crippen molar-refractivity contribution in [2.24, 2.45) is 10.4 Å². The van der Waals surface area contributed by atoms with Gasteiger partial charge in [-0.1, -0.05) is 13.8 Å². The van der Waals surface area contributed by atoms with E-state index in [0.29, 0.717) is 6.04 Å². The van der Waals surface area contributed by atoms with E-state index < -0.39 is 0 Å². The van der Waals surface area contributed by atoms with Crippen LogP contribution >= 0.6 is 24.0 Å². The Morgan fingerprint density at radius 1 is 1.25 bits per heavy atom. The second-order valence-electron chi connectivity index (χ2n) is 7.84. The molecule has 2 rings (SSSR count). The van der Waals surface area contributed by atoms with Crippen LogP contribution in [0.15, 0.2) is 4.99 Å². The fourth-order valence-corrected chi connectivity index (χ4v) is 3.74. The zero-order chi connectivity index (χ0) is 16.9. The molecule has 0 aliphatic carbocycles. The predicted octanol–water partition coefficient (Wildman–Crippen LogP) is 1.17. The third-order valence-electron chi connectivity index (χ3n) is 4.71. The van der Waals surface area contributed by atoms with Crippen molar-refractivity contribution in [2.45, 2.75) is 26.3 Å². The lowest BCUT2D eigenvalue weighted by molar-refractivity contribution is 0.0194. The van der Waals surface area contributed by atoms with Crippen LogP contribution < -0.4 is 5.32 Å². The molecule has 1 unspecified atom stereocenters. The minimum Gasteiger partial charge on any atom is -0.379 e. The van der Waals surface area contributed by atoms with Gasteiger partial charge in [0, 0.05) is 52.4 Å². The van der Waals surface area contributed by atoms with Crippen LogP contribution in [-0.2, 0) is 4.74 Å². The number of hydrogen-bond donors (Lipinski definition) is 1. The first-order valence-corrected chi connectivity index (χ1v) is 8.83. The molecule has 1 atom stereocenters. The maximum Gasteiger partial charge on any atom is 0.193 e. The number of nitrogens with one attached hydrogen (secondary N) is 1. The quantitative estimate of drug-likeness (QED) is 0.385. The van der Waals surface area contributed by atoms with Gasteiger partial charge in [0.2, 0.25) is 0 Å². The topological polar surface area (TPSA) is 43.3 Å². The minimum atomic E-state index is 0. The van der Waals surface area contributed by atoms with Gasteiger partial charge in [0.05, 0.1) is 13.2 Å². The van der Waals surface area contributed by atoms with Crippen molar-refractivity contribution >= 4 is 29.9 Å². The highest BCUT2D eigenvalue weighted by Gasteiger charge is 2.30. The van der Waals surface area contributed by atoms with Crippen LogP contribution in [0.5, 0.6) is 0 Å². The first kappa shape index (κ1) is 21.9. The predicted molar refractivity (Wildman–Crippen MR) is 111 cm³/mol. The molecule has 0 radical (unpaired) electrons. The number of hydrogen-bond acceptors (Lipinski definition) is 4. The molecule has 2 heterocycles. The number of rotatable bonds is 5. The van der Waals surface area contributed by atoms with Gasteiger partial charge >= 0.3 is 0 Å². The lowest BCUT2D eigenvalue weighted by Gasteiger charge is -2.33. The molecule has 2 fully saturated rings. The molecule has 0 aromatic carbocycles. The summed E-state index contributed by atoms with van der Waals surface area (Å²) in [5, 5.41) is 3.59. The zero-order valence-corrected chi connectivity index (χ0v) is 18.4. The summed E-state index contributed by atoms with van der Waals surface area (Å²) < 4.78 is 5.47. The molecule has 0 bridgehead atoms. The molecule has 0 saturated carbocycles. The van der Waals surface area contributed by atoms with Crippen LogP contribution in [0.1, 0.15) is 20.3 Å². The van der Waals surface area contributed by atoms with Crippen LogP contribution in [0.3, 0.4) is 0 Å². The number of aliphatic imine (C=N–C) groups is 1. The Kier molecular flexibility index (Phi) is 9.25. The summed E-state index contributed by atoms with van der Waals surface area (Å²) in [7, 11) is 6.15. The smallest absolute Gasteiger partial charge is 0.193 e. The molecule has 1 N–H and O–H groups in total. The Bertz CT molecular complexity index is 396. The summed E-state index contributed by atoms with van der Waals surface area (Å²) in [6.07, 6.45) is 1.22. The Morgan fingerprint density at radius 3 is 2.50 bits per heavy atom. The van der Waals surface area contributed by atoms with Crippen molar-refractivity contribution in [2.75, 3.05) is 73.6 Å². The zero-order valence-electron chi connectivity index (χ0n) is 16.0. The van der Waals surface area contributed by atoms with E-state index in [1.165, 1.54) is 6.42 Å². The average Bonchev–Trinajstić information content (AvgIpc) is 2.97. The van der Waals surface area contributed by atoms with Gasteiger partial charge < -0.3 is 19.9 Å². The molecule has 0 spiro atoms. The molecule has 6 nitrogen and oxygen atoms in total. The number of halogens is 1. The van der Waals surface area contributed by atoms with E-state index in [1.54, 1.807) is 0 Å². The van der Waals surface area contributed by atoms with Gasteiger partial charge in [0.15, 0.2) is 5.96 Å². The molecule has 7 heteroatoms. The lowest BCUT2D eigenvalue weighted by atomic mass is 9.93. The third kappa shape index (κ3) is 6.65. The summed E-state index contributed by atoms with van der Waals surface area (Å²) in [6.45, 7) is 12.7. The fraction of sp³-hybridized carbons (Fsp3) is 0.941. The van der Waals surface area contributed by atoms with Crippen molar-refractivity contribution in [1.82, 2.24) is 20.0 Å². The van der Waals surface area contributed by atoms with Crippen LogP contribution in [0.2, 0.25) is 0 Å². The van der Waals surface area contributed by atoms with Gasteiger partial charge in [-0.3, -0.25) is 9.89 Å². The molecule has 0 amide bonds. The van der Waals surface area contributed by atoms with Crippen molar-refractivity contribution in [3.63, 3.8) is 0 Å². The molecular formula is C17H36IN5O. The highest BCUT2D eigenvalue weighted by atomic mass is 127. The molecule has 2 saturated heterocycles. The van der Waals surface area contributed by atoms with Gasteiger partial charge in [0.1, 0.15) is 0 Å². The second kappa shape index (κ2) is 10.1. The summed E-state index contributed by atoms with van der Waals surface area (Å²) in [6, 6.07) is 0.646. The third-order valence-corrected chi connectivity index (χ3v) is 4.71. The standard InChI is InChI=1S/C17H35N5O.HI/c1-17(2,14-20(4)5)13-19-16(18-3)22-7-6-15(12-22)21-8-10-23-11-9-21;/h15H,6-14H2,1-5H3,(H,18,19);1H. The number of guanidine groups is 1. The highest BCUT2D eigenvalue weighted by Crippen LogP contribution is 2.18. The summed E-state index contributed by atoms with van der Waals surface area (Å²) in [5.74, 6) is 1.05. The molecule has 0 aromatic rings. The SMILES string of the molecule is CN=C(NCC(C)(C)CN(C)C)N1CCC(N2CCOCC2)C1.I. The first-order chi connectivity index (χ1) is 10.9. The van der Waals surface area contributed by atoms with Gasteiger partial charge in [-0.25, -0.2) is 0 Å². The second-order valence-corrected chi connectivity index (χ2v) is 7.84. The summed E-state index contributed by atoms with van der Waals surface area (Å²) in [4.78, 5) is 11.7. The molecule has 142 valence electrons. The summed E-state index contributed by atoms with van der Waals surface area (Å²) >= 11 is 0. The van der Waals surface area contributed by atoms with E-state index in [1.807, 2.05) is 7.05 Å².